The van der Waals surface area contributed by atoms with Gasteiger partial charge in [-0.05, 0) is 36.1 Å². The largest absolute Gasteiger partial charge is 0.223 e. The monoisotopic (exact) mass is 332 g/mol. The predicted octanol–water partition coefficient (Wildman–Crippen LogP) is 4.11. The number of sulfone groups is 1. The fourth-order valence-corrected chi connectivity index (χ4v) is 7.08. The maximum Gasteiger partial charge on any atom is 0.183 e. The highest BCUT2D eigenvalue weighted by atomic mass is 35.5. The van der Waals surface area contributed by atoms with Crippen LogP contribution in [0.5, 0.6) is 0 Å². The summed E-state index contributed by atoms with van der Waals surface area (Å²) in [5.74, 6) is 0.153. The van der Waals surface area contributed by atoms with E-state index in [9.17, 15) is 8.42 Å². The SMILES string of the molecule is O=S(=O)(c1ccccc1)C1C2CCC(c3ccccc32)C1Cl. The van der Waals surface area contributed by atoms with E-state index in [-0.39, 0.29) is 17.2 Å². The molecule has 4 unspecified atom stereocenters. The minimum Gasteiger partial charge on any atom is -0.223 e. The van der Waals surface area contributed by atoms with Gasteiger partial charge in [-0.15, -0.1) is 11.6 Å². The zero-order chi connectivity index (χ0) is 15.3. The lowest BCUT2D eigenvalue weighted by atomic mass is 9.66. The minimum absolute atomic E-state index is 0.00825. The Morgan fingerprint density at radius 2 is 1.36 bits per heavy atom. The second-order valence-electron chi connectivity index (χ2n) is 6.19. The van der Waals surface area contributed by atoms with Gasteiger partial charge in [-0.25, -0.2) is 8.42 Å². The van der Waals surface area contributed by atoms with Gasteiger partial charge in [0.15, 0.2) is 9.84 Å². The second kappa shape index (κ2) is 5.10. The summed E-state index contributed by atoms with van der Waals surface area (Å²) >= 11 is 6.66. The molecule has 2 nitrogen and oxygen atoms in total. The molecule has 1 saturated carbocycles. The summed E-state index contributed by atoms with van der Waals surface area (Å²) in [6, 6.07) is 16.9. The molecule has 114 valence electrons. The number of alkyl halides is 1. The average Bonchev–Trinajstić information content (AvgIpc) is 2.56. The zero-order valence-corrected chi connectivity index (χ0v) is 13.6. The van der Waals surface area contributed by atoms with Crippen molar-refractivity contribution in [2.24, 2.45) is 0 Å². The first kappa shape index (κ1) is 14.3. The highest BCUT2D eigenvalue weighted by molar-refractivity contribution is 7.92. The third-order valence-corrected chi connectivity index (χ3v) is 8.10. The van der Waals surface area contributed by atoms with Crippen molar-refractivity contribution in [2.45, 2.75) is 40.2 Å². The summed E-state index contributed by atoms with van der Waals surface area (Å²) in [4.78, 5) is 0.385. The van der Waals surface area contributed by atoms with E-state index in [0.717, 1.165) is 12.8 Å². The number of hydrogen-bond donors (Lipinski definition) is 0. The van der Waals surface area contributed by atoms with Crippen molar-refractivity contribution in [1.29, 1.82) is 0 Å². The standard InChI is InChI=1S/C18H17ClO2S/c19-17-15-10-11-16(14-9-5-4-8-13(14)15)18(17)22(20,21)12-6-2-1-3-7-12/h1-9,15-18H,10-11H2. The second-order valence-corrected chi connectivity index (χ2v) is 8.80. The van der Waals surface area contributed by atoms with Crippen molar-refractivity contribution in [1.82, 2.24) is 0 Å². The zero-order valence-electron chi connectivity index (χ0n) is 12.0. The van der Waals surface area contributed by atoms with E-state index in [4.69, 9.17) is 11.6 Å². The van der Waals surface area contributed by atoms with Crippen molar-refractivity contribution in [3.63, 3.8) is 0 Å². The van der Waals surface area contributed by atoms with Gasteiger partial charge in [0.1, 0.15) is 0 Å². The fraction of sp³-hybridized carbons (Fsp3) is 0.333. The molecule has 0 N–H and O–H groups in total. The Kier molecular flexibility index (Phi) is 3.31. The molecule has 3 aliphatic carbocycles. The van der Waals surface area contributed by atoms with Crippen LogP contribution in [0.2, 0.25) is 0 Å². The van der Waals surface area contributed by atoms with Crippen LogP contribution in [-0.2, 0) is 9.84 Å². The van der Waals surface area contributed by atoms with E-state index < -0.39 is 15.1 Å². The third-order valence-electron chi connectivity index (χ3n) is 5.11. The van der Waals surface area contributed by atoms with Gasteiger partial charge < -0.3 is 0 Å². The van der Waals surface area contributed by atoms with E-state index >= 15 is 0 Å². The number of hydrogen-bond acceptors (Lipinski definition) is 2. The normalized spacial score (nSPS) is 30.0. The molecule has 22 heavy (non-hydrogen) atoms. The van der Waals surface area contributed by atoms with Gasteiger partial charge in [0.2, 0.25) is 0 Å². The van der Waals surface area contributed by atoms with Crippen molar-refractivity contribution < 1.29 is 8.42 Å². The first-order valence-corrected chi connectivity index (χ1v) is 9.61. The van der Waals surface area contributed by atoms with Crippen LogP contribution in [0.25, 0.3) is 0 Å². The van der Waals surface area contributed by atoms with Crippen LogP contribution in [0.4, 0.5) is 0 Å². The van der Waals surface area contributed by atoms with Gasteiger partial charge in [0.25, 0.3) is 0 Å². The maximum atomic E-state index is 13.1. The first-order chi connectivity index (χ1) is 10.6. The van der Waals surface area contributed by atoms with Crippen LogP contribution in [0.1, 0.15) is 35.8 Å². The molecular formula is C18H17ClO2S. The van der Waals surface area contributed by atoms with Crippen LogP contribution >= 0.6 is 11.6 Å². The Labute approximate surface area is 136 Å². The summed E-state index contributed by atoms with van der Waals surface area (Å²) in [6.45, 7) is 0. The molecular weight excluding hydrogens is 316 g/mol. The highest BCUT2D eigenvalue weighted by Crippen LogP contribution is 2.54. The van der Waals surface area contributed by atoms with Crippen molar-refractivity contribution >= 4 is 21.4 Å². The molecule has 0 aliphatic heterocycles. The van der Waals surface area contributed by atoms with Gasteiger partial charge in [-0.1, -0.05) is 42.5 Å². The molecule has 0 amide bonds. The van der Waals surface area contributed by atoms with Crippen LogP contribution < -0.4 is 0 Å². The molecule has 0 spiro atoms. The summed E-state index contributed by atoms with van der Waals surface area (Å²) in [5.41, 5.74) is 2.43. The molecule has 2 bridgehead atoms. The maximum absolute atomic E-state index is 13.1. The van der Waals surface area contributed by atoms with E-state index in [2.05, 4.69) is 12.1 Å². The van der Waals surface area contributed by atoms with Crippen LogP contribution in [0.3, 0.4) is 0 Å². The summed E-state index contributed by atoms with van der Waals surface area (Å²) < 4.78 is 26.2. The lowest BCUT2D eigenvalue weighted by Crippen LogP contribution is -2.47. The van der Waals surface area contributed by atoms with E-state index in [1.54, 1.807) is 24.3 Å². The number of halogens is 1. The summed E-state index contributed by atoms with van der Waals surface area (Å²) in [7, 11) is -3.42. The summed E-state index contributed by atoms with van der Waals surface area (Å²) in [6.07, 6.45) is 1.89. The first-order valence-electron chi connectivity index (χ1n) is 7.62. The lowest BCUT2D eigenvalue weighted by Gasteiger charge is -2.46. The van der Waals surface area contributed by atoms with Crippen molar-refractivity contribution in [3.8, 4) is 0 Å². The van der Waals surface area contributed by atoms with E-state index in [1.165, 1.54) is 11.1 Å². The molecule has 0 radical (unpaired) electrons. The Morgan fingerprint density at radius 1 is 0.818 bits per heavy atom. The number of benzene rings is 2. The molecule has 2 aromatic rings. The molecule has 4 heteroatoms. The lowest BCUT2D eigenvalue weighted by molar-refractivity contribution is 0.362. The quantitative estimate of drug-likeness (QED) is 0.775. The van der Waals surface area contributed by atoms with Gasteiger partial charge in [-0.3, -0.25) is 0 Å². The molecule has 4 atom stereocenters. The van der Waals surface area contributed by atoms with Gasteiger partial charge >= 0.3 is 0 Å². The molecule has 0 saturated heterocycles. The molecule has 1 fully saturated rings. The van der Waals surface area contributed by atoms with E-state index in [0.29, 0.717) is 4.90 Å². The van der Waals surface area contributed by atoms with Crippen LogP contribution in [0.15, 0.2) is 59.5 Å². The molecule has 2 aromatic carbocycles. The van der Waals surface area contributed by atoms with Crippen LogP contribution in [0, 0.1) is 0 Å². The number of fused-ring (bicyclic) bond motifs is 2. The predicted molar refractivity (Wildman–Crippen MR) is 88.2 cm³/mol. The molecule has 0 aromatic heterocycles. The summed E-state index contributed by atoms with van der Waals surface area (Å²) in [5, 5.41) is -0.871. The molecule has 3 aliphatic rings. The Morgan fingerprint density at radius 3 is 2.05 bits per heavy atom. The van der Waals surface area contributed by atoms with Gasteiger partial charge in [0, 0.05) is 11.8 Å². The Bertz CT molecular complexity index is 801. The topological polar surface area (TPSA) is 34.1 Å². The number of rotatable bonds is 2. The van der Waals surface area contributed by atoms with Gasteiger partial charge in [-0.2, -0.15) is 0 Å². The van der Waals surface area contributed by atoms with Crippen molar-refractivity contribution in [2.75, 3.05) is 0 Å². The average molecular weight is 333 g/mol. The van der Waals surface area contributed by atoms with Gasteiger partial charge in [0.05, 0.1) is 15.5 Å². The smallest absolute Gasteiger partial charge is 0.183 e. The Balaban J connectivity index is 1.85. The van der Waals surface area contributed by atoms with Crippen molar-refractivity contribution in [3.05, 3.63) is 65.7 Å². The third kappa shape index (κ3) is 1.95. The minimum atomic E-state index is -3.42. The molecule has 0 heterocycles. The van der Waals surface area contributed by atoms with Crippen LogP contribution in [-0.4, -0.2) is 19.0 Å². The van der Waals surface area contributed by atoms with E-state index in [1.807, 2.05) is 18.2 Å². The highest BCUT2D eigenvalue weighted by Gasteiger charge is 2.51. The Hall–Kier alpha value is -1.32. The fourth-order valence-electron chi connectivity index (χ4n) is 4.13. The molecule has 5 rings (SSSR count).